The molecule has 0 spiro atoms. The molecule has 0 aliphatic carbocycles. The molecule has 4 heteroatoms. The van der Waals surface area contributed by atoms with Crippen LogP contribution in [-0.4, -0.2) is 12.5 Å². The molecular formula is C16H13FN2O. The maximum Gasteiger partial charge on any atom is 0.255 e. The Kier molecular flexibility index (Phi) is 4.48. The van der Waals surface area contributed by atoms with Crippen molar-refractivity contribution in [2.45, 2.75) is 0 Å². The topological polar surface area (TPSA) is 55.1 Å². The Hall–Kier alpha value is -2.64. The SMILES string of the molecule is NCC#Cc1cccc(C(=O)Nc2ccccc2F)c1. The lowest BCUT2D eigenvalue weighted by Crippen LogP contribution is -2.13. The van der Waals surface area contributed by atoms with Crippen molar-refractivity contribution in [3.63, 3.8) is 0 Å². The molecule has 0 atom stereocenters. The quantitative estimate of drug-likeness (QED) is 0.822. The van der Waals surface area contributed by atoms with Gasteiger partial charge in [-0.3, -0.25) is 4.79 Å². The van der Waals surface area contributed by atoms with E-state index in [2.05, 4.69) is 17.2 Å². The lowest BCUT2D eigenvalue weighted by molar-refractivity contribution is 0.102. The predicted molar refractivity (Wildman–Crippen MR) is 76.7 cm³/mol. The minimum absolute atomic E-state index is 0.149. The second-order valence-electron chi connectivity index (χ2n) is 4.02. The second kappa shape index (κ2) is 6.50. The third-order valence-electron chi connectivity index (χ3n) is 2.58. The van der Waals surface area contributed by atoms with Gasteiger partial charge in [-0.05, 0) is 30.3 Å². The van der Waals surface area contributed by atoms with Crippen LogP contribution in [0.2, 0.25) is 0 Å². The van der Waals surface area contributed by atoms with E-state index in [-0.39, 0.29) is 18.1 Å². The molecule has 2 aromatic carbocycles. The normalized spacial score (nSPS) is 9.50. The fraction of sp³-hybridized carbons (Fsp3) is 0.0625. The molecule has 0 aliphatic rings. The Morgan fingerprint density at radius 2 is 2.00 bits per heavy atom. The van der Waals surface area contributed by atoms with Gasteiger partial charge < -0.3 is 11.1 Å². The van der Waals surface area contributed by atoms with Gasteiger partial charge in [-0.25, -0.2) is 4.39 Å². The van der Waals surface area contributed by atoms with E-state index in [0.29, 0.717) is 11.1 Å². The molecule has 1 amide bonds. The molecular weight excluding hydrogens is 255 g/mol. The molecule has 0 fully saturated rings. The molecule has 20 heavy (non-hydrogen) atoms. The highest BCUT2D eigenvalue weighted by molar-refractivity contribution is 6.04. The minimum atomic E-state index is -0.472. The van der Waals surface area contributed by atoms with Gasteiger partial charge in [0.2, 0.25) is 0 Å². The Labute approximate surface area is 116 Å². The highest BCUT2D eigenvalue weighted by Crippen LogP contribution is 2.14. The van der Waals surface area contributed by atoms with Crippen molar-refractivity contribution < 1.29 is 9.18 Å². The van der Waals surface area contributed by atoms with Crippen molar-refractivity contribution in [1.29, 1.82) is 0 Å². The molecule has 0 saturated heterocycles. The smallest absolute Gasteiger partial charge is 0.255 e. The summed E-state index contributed by atoms with van der Waals surface area (Å²) in [6.07, 6.45) is 0. The van der Waals surface area contributed by atoms with Crippen molar-refractivity contribution in [3.8, 4) is 11.8 Å². The Balaban J connectivity index is 2.19. The molecule has 0 radical (unpaired) electrons. The molecule has 0 unspecified atom stereocenters. The molecule has 0 aromatic heterocycles. The van der Waals surface area contributed by atoms with E-state index in [1.165, 1.54) is 12.1 Å². The highest BCUT2D eigenvalue weighted by Gasteiger charge is 2.08. The number of anilines is 1. The Bertz CT molecular complexity index is 686. The van der Waals surface area contributed by atoms with Crippen LogP contribution in [0.25, 0.3) is 0 Å². The zero-order valence-electron chi connectivity index (χ0n) is 10.7. The van der Waals surface area contributed by atoms with Crippen LogP contribution in [0.15, 0.2) is 48.5 Å². The number of hydrogen-bond acceptors (Lipinski definition) is 2. The molecule has 2 rings (SSSR count). The lowest BCUT2D eigenvalue weighted by atomic mass is 10.1. The predicted octanol–water partition coefficient (Wildman–Crippen LogP) is 2.39. The van der Waals surface area contributed by atoms with E-state index in [1.54, 1.807) is 36.4 Å². The zero-order valence-corrected chi connectivity index (χ0v) is 10.7. The van der Waals surface area contributed by atoms with Crippen molar-refractivity contribution in [2.75, 3.05) is 11.9 Å². The van der Waals surface area contributed by atoms with Crippen LogP contribution < -0.4 is 11.1 Å². The first-order valence-electron chi connectivity index (χ1n) is 6.05. The maximum atomic E-state index is 13.5. The Morgan fingerprint density at radius 1 is 1.20 bits per heavy atom. The van der Waals surface area contributed by atoms with Crippen LogP contribution in [-0.2, 0) is 0 Å². The maximum absolute atomic E-state index is 13.5. The number of carbonyl (C=O) groups is 1. The molecule has 100 valence electrons. The van der Waals surface area contributed by atoms with E-state index in [4.69, 9.17) is 5.73 Å². The van der Waals surface area contributed by atoms with Gasteiger partial charge in [0.1, 0.15) is 5.82 Å². The number of halogens is 1. The number of para-hydroxylation sites is 1. The van der Waals surface area contributed by atoms with Gasteiger partial charge in [0.25, 0.3) is 5.91 Å². The number of benzene rings is 2. The summed E-state index contributed by atoms with van der Waals surface area (Å²) in [6.45, 7) is 0.256. The van der Waals surface area contributed by atoms with Gasteiger partial charge in [-0.15, -0.1) is 0 Å². The summed E-state index contributed by atoms with van der Waals surface area (Å²) in [7, 11) is 0. The summed E-state index contributed by atoms with van der Waals surface area (Å²) in [5.74, 6) is 4.71. The number of nitrogens with one attached hydrogen (secondary N) is 1. The number of amides is 1. The largest absolute Gasteiger partial charge is 0.320 e. The fourth-order valence-electron chi connectivity index (χ4n) is 1.65. The monoisotopic (exact) mass is 268 g/mol. The molecule has 2 aromatic rings. The standard InChI is InChI=1S/C16H13FN2O/c17-14-8-1-2-9-15(14)19-16(20)13-7-3-5-12(11-13)6-4-10-18/h1-3,5,7-9,11H,10,18H2,(H,19,20). The van der Waals surface area contributed by atoms with Crippen molar-refractivity contribution in [3.05, 3.63) is 65.5 Å². The molecule has 0 bridgehead atoms. The van der Waals surface area contributed by atoms with E-state index < -0.39 is 5.82 Å². The minimum Gasteiger partial charge on any atom is -0.320 e. The molecule has 0 saturated carbocycles. The van der Waals surface area contributed by atoms with E-state index >= 15 is 0 Å². The van der Waals surface area contributed by atoms with Gasteiger partial charge in [-0.2, -0.15) is 0 Å². The van der Waals surface area contributed by atoms with Gasteiger partial charge >= 0.3 is 0 Å². The van der Waals surface area contributed by atoms with Gasteiger partial charge in [0.15, 0.2) is 0 Å². The summed E-state index contributed by atoms with van der Waals surface area (Å²) < 4.78 is 13.5. The summed E-state index contributed by atoms with van der Waals surface area (Å²) in [5, 5.41) is 2.52. The lowest BCUT2D eigenvalue weighted by Gasteiger charge is -2.06. The van der Waals surface area contributed by atoms with Crippen LogP contribution in [0, 0.1) is 17.7 Å². The molecule has 3 nitrogen and oxygen atoms in total. The number of hydrogen-bond donors (Lipinski definition) is 2. The van der Waals surface area contributed by atoms with Crippen LogP contribution in [0.5, 0.6) is 0 Å². The van der Waals surface area contributed by atoms with Gasteiger partial charge in [0.05, 0.1) is 12.2 Å². The third-order valence-corrected chi connectivity index (χ3v) is 2.58. The van der Waals surface area contributed by atoms with Gasteiger partial charge in [0, 0.05) is 11.1 Å². The van der Waals surface area contributed by atoms with E-state index in [1.807, 2.05) is 0 Å². The number of nitrogens with two attached hydrogens (primary N) is 1. The number of rotatable bonds is 2. The van der Waals surface area contributed by atoms with Gasteiger partial charge in [-0.1, -0.05) is 30.0 Å². The van der Waals surface area contributed by atoms with Crippen molar-refractivity contribution in [2.24, 2.45) is 5.73 Å². The van der Waals surface area contributed by atoms with Crippen molar-refractivity contribution >= 4 is 11.6 Å². The van der Waals surface area contributed by atoms with Crippen LogP contribution in [0.4, 0.5) is 10.1 Å². The van der Waals surface area contributed by atoms with Crippen LogP contribution in [0.3, 0.4) is 0 Å². The first-order chi connectivity index (χ1) is 9.70. The van der Waals surface area contributed by atoms with E-state index in [0.717, 1.165) is 0 Å². The summed E-state index contributed by atoms with van der Waals surface area (Å²) in [5.41, 5.74) is 6.55. The first kappa shape index (κ1) is 13.8. The summed E-state index contributed by atoms with van der Waals surface area (Å²) in [6, 6.07) is 12.8. The Morgan fingerprint density at radius 3 is 2.75 bits per heavy atom. The summed E-state index contributed by atoms with van der Waals surface area (Å²) in [4.78, 5) is 12.0. The third kappa shape index (κ3) is 3.44. The number of carbonyl (C=O) groups excluding carboxylic acids is 1. The molecule has 0 aliphatic heterocycles. The molecule has 0 heterocycles. The summed E-state index contributed by atoms with van der Waals surface area (Å²) >= 11 is 0. The molecule has 3 N–H and O–H groups in total. The first-order valence-corrected chi connectivity index (χ1v) is 6.05. The van der Waals surface area contributed by atoms with Crippen molar-refractivity contribution in [1.82, 2.24) is 0 Å². The highest BCUT2D eigenvalue weighted by atomic mass is 19.1. The fourth-order valence-corrected chi connectivity index (χ4v) is 1.65. The zero-order chi connectivity index (χ0) is 14.4. The second-order valence-corrected chi connectivity index (χ2v) is 4.02. The van der Waals surface area contributed by atoms with Crippen LogP contribution >= 0.6 is 0 Å². The van der Waals surface area contributed by atoms with E-state index in [9.17, 15) is 9.18 Å². The average Bonchev–Trinajstić information content (AvgIpc) is 2.48. The average molecular weight is 268 g/mol. The van der Waals surface area contributed by atoms with Crippen LogP contribution in [0.1, 0.15) is 15.9 Å².